The molecule has 23 heavy (non-hydrogen) atoms. The number of hydrogen-bond acceptors (Lipinski definition) is 4. The van der Waals surface area contributed by atoms with Crippen molar-refractivity contribution < 1.29 is 14.6 Å². The van der Waals surface area contributed by atoms with Crippen LogP contribution in [0.2, 0.25) is 5.15 Å². The number of carbonyl (C=O) groups is 1. The molecular weight excluding hydrogens is 318 g/mol. The lowest BCUT2D eigenvalue weighted by Crippen LogP contribution is -2.26. The fourth-order valence-corrected chi connectivity index (χ4v) is 2.49. The number of amides is 1. The Morgan fingerprint density at radius 2 is 2.09 bits per heavy atom. The van der Waals surface area contributed by atoms with Gasteiger partial charge in [0, 0.05) is 13.2 Å². The molecule has 6 nitrogen and oxygen atoms in total. The van der Waals surface area contributed by atoms with E-state index >= 15 is 0 Å². The summed E-state index contributed by atoms with van der Waals surface area (Å²) in [5.41, 5.74) is 1.76. The van der Waals surface area contributed by atoms with E-state index in [9.17, 15) is 4.79 Å². The summed E-state index contributed by atoms with van der Waals surface area (Å²) in [5.74, 6) is -0.253. The molecule has 0 aliphatic carbocycles. The molecule has 7 heteroatoms. The third kappa shape index (κ3) is 4.54. The summed E-state index contributed by atoms with van der Waals surface area (Å²) in [5, 5.41) is 16.0. The maximum atomic E-state index is 12.3. The van der Waals surface area contributed by atoms with Crippen LogP contribution in [0.1, 0.15) is 22.5 Å². The number of aryl methyl sites for hydroxylation is 1. The summed E-state index contributed by atoms with van der Waals surface area (Å²) in [6, 6.07) is 9.42. The second-order valence-electron chi connectivity index (χ2n) is 4.94. The molecule has 1 heterocycles. The Balaban J connectivity index is 2.00. The van der Waals surface area contributed by atoms with Crippen LogP contribution in [0.3, 0.4) is 0 Å². The Hall–Kier alpha value is -1.89. The number of aliphatic hydroxyl groups is 1. The lowest BCUT2D eigenvalue weighted by molar-refractivity contribution is 0.0867. The Morgan fingerprint density at radius 1 is 1.35 bits per heavy atom. The number of halogens is 1. The predicted octanol–water partition coefficient (Wildman–Crippen LogP) is 1.96. The van der Waals surface area contributed by atoms with Gasteiger partial charge in [0.05, 0.1) is 30.2 Å². The summed E-state index contributed by atoms with van der Waals surface area (Å²) in [4.78, 5) is 12.3. The molecular formula is C16H20ClN3O3. The van der Waals surface area contributed by atoms with Gasteiger partial charge < -0.3 is 15.2 Å². The van der Waals surface area contributed by atoms with Crippen LogP contribution in [0.4, 0.5) is 0 Å². The van der Waals surface area contributed by atoms with Gasteiger partial charge in [-0.2, -0.15) is 5.10 Å². The minimum atomic E-state index is -0.253. The fraction of sp³-hybridized carbons (Fsp3) is 0.375. The van der Waals surface area contributed by atoms with Crippen molar-refractivity contribution in [3.05, 3.63) is 46.7 Å². The van der Waals surface area contributed by atoms with Gasteiger partial charge in [0.15, 0.2) is 0 Å². The summed E-state index contributed by atoms with van der Waals surface area (Å²) < 4.78 is 6.69. The maximum absolute atomic E-state index is 12.3. The molecule has 1 aromatic carbocycles. The van der Waals surface area contributed by atoms with Crippen molar-refractivity contribution in [3.63, 3.8) is 0 Å². The molecule has 2 rings (SSSR count). The highest BCUT2D eigenvalue weighted by Gasteiger charge is 2.20. The molecule has 0 saturated carbocycles. The lowest BCUT2D eigenvalue weighted by atomic mass is 10.2. The number of benzene rings is 1. The monoisotopic (exact) mass is 337 g/mol. The van der Waals surface area contributed by atoms with Crippen molar-refractivity contribution >= 4 is 17.5 Å². The zero-order valence-electron chi connectivity index (χ0n) is 13.0. The molecule has 124 valence electrons. The van der Waals surface area contributed by atoms with Crippen molar-refractivity contribution in [1.29, 1.82) is 0 Å². The normalized spacial score (nSPS) is 10.7. The number of aromatic nitrogens is 2. The molecule has 2 aromatic rings. The van der Waals surface area contributed by atoms with E-state index in [-0.39, 0.29) is 12.5 Å². The highest BCUT2D eigenvalue weighted by molar-refractivity contribution is 6.33. The first kappa shape index (κ1) is 17.5. The average molecular weight is 338 g/mol. The number of nitrogens with one attached hydrogen (secondary N) is 1. The molecule has 0 fully saturated rings. The van der Waals surface area contributed by atoms with E-state index in [0.717, 1.165) is 5.69 Å². The number of para-hydroxylation sites is 1. The van der Waals surface area contributed by atoms with Crippen molar-refractivity contribution in [1.82, 2.24) is 15.1 Å². The van der Waals surface area contributed by atoms with Gasteiger partial charge in [-0.3, -0.25) is 4.79 Å². The molecule has 0 spiro atoms. The predicted molar refractivity (Wildman–Crippen MR) is 88.2 cm³/mol. The van der Waals surface area contributed by atoms with Crippen LogP contribution in [0.15, 0.2) is 30.3 Å². The number of carbonyl (C=O) groups excluding carboxylic acids is 1. The second-order valence-corrected chi connectivity index (χ2v) is 5.30. The maximum Gasteiger partial charge on any atom is 0.256 e. The van der Waals surface area contributed by atoms with Crippen LogP contribution in [0.25, 0.3) is 5.69 Å². The minimum Gasteiger partial charge on any atom is -0.394 e. The molecule has 0 saturated heterocycles. The van der Waals surface area contributed by atoms with Crippen molar-refractivity contribution in [2.75, 3.05) is 26.4 Å². The molecule has 0 unspecified atom stereocenters. The third-order valence-corrected chi connectivity index (χ3v) is 3.57. The van der Waals surface area contributed by atoms with E-state index in [4.69, 9.17) is 21.4 Å². The molecule has 1 amide bonds. The Morgan fingerprint density at radius 3 is 2.78 bits per heavy atom. The summed E-state index contributed by atoms with van der Waals surface area (Å²) in [6.07, 6.45) is 0.662. The molecule has 2 N–H and O–H groups in total. The molecule has 0 aliphatic rings. The number of ether oxygens (including phenoxy) is 1. The van der Waals surface area contributed by atoms with Gasteiger partial charge in [0.25, 0.3) is 5.91 Å². The van der Waals surface area contributed by atoms with E-state index in [1.165, 1.54) is 0 Å². The standard InChI is InChI=1S/C16H20ClN3O3/c1-12-14(16(22)18-8-5-10-23-11-9-21)15(17)20(19-12)13-6-3-2-4-7-13/h2-4,6-7,21H,5,8-11H2,1H3,(H,18,22). The first-order valence-electron chi connectivity index (χ1n) is 7.42. The van der Waals surface area contributed by atoms with E-state index in [1.54, 1.807) is 11.6 Å². The van der Waals surface area contributed by atoms with Gasteiger partial charge in [0.2, 0.25) is 0 Å². The zero-order chi connectivity index (χ0) is 16.7. The van der Waals surface area contributed by atoms with Gasteiger partial charge in [-0.25, -0.2) is 4.68 Å². The van der Waals surface area contributed by atoms with E-state index in [0.29, 0.717) is 42.6 Å². The van der Waals surface area contributed by atoms with Crippen LogP contribution in [-0.2, 0) is 4.74 Å². The molecule has 0 bridgehead atoms. The first-order valence-corrected chi connectivity index (χ1v) is 7.80. The minimum absolute atomic E-state index is 0.000166. The first-order chi connectivity index (χ1) is 11.1. The smallest absolute Gasteiger partial charge is 0.256 e. The Kier molecular flexibility index (Phi) is 6.58. The number of hydrogen-bond donors (Lipinski definition) is 2. The Bertz CT molecular complexity index is 644. The zero-order valence-corrected chi connectivity index (χ0v) is 13.7. The molecule has 1 aromatic heterocycles. The Labute approximate surface area is 140 Å². The number of aliphatic hydroxyl groups excluding tert-OH is 1. The summed E-state index contributed by atoms with van der Waals surface area (Å²) in [7, 11) is 0. The highest BCUT2D eigenvalue weighted by Crippen LogP contribution is 2.23. The third-order valence-electron chi connectivity index (χ3n) is 3.22. The van der Waals surface area contributed by atoms with Gasteiger partial charge in [-0.1, -0.05) is 29.8 Å². The largest absolute Gasteiger partial charge is 0.394 e. The van der Waals surface area contributed by atoms with Gasteiger partial charge >= 0.3 is 0 Å². The fourth-order valence-electron chi connectivity index (χ4n) is 2.13. The summed E-state index contributed by atoms with van der Waals surface area (Å²) >= 11 is 6.33. The van der Waals surface area contributed by atoms with Gasteiger partial charge in [0.1, 0.15) is 5.15 Å². The highest BCUT2D eigenvalue weighted by atomic mass is 35.5. The number of rotatable bonds is 8. The quantitative estimate of drug-likeness (QED) is 0.722. The van der Waals surface area contributed by atoms with Crippen molar-refractivity contribution in [3.8, 4) is 5.69 Å². The molecule has 0 aliphatic heterocycles. The van der Waals surface area contributed by atoms with Crippen LogP contribution >= 0.6 is 11.6 Å². The van der Waals surface area contributed by atoms with E-state index in [1.807, 2.05) is 30.3 Å². The van der Waals surface area contributed by atoms with Gasteiger partial charge in [-0.05, 0) is 25.5 Å². The van der Waals surface area contributed by atoms with Crippen LogP contribution in [0, 0.1) is 6.92 Å². The average Bonchev–Trinajstić information content (AvgIpc) is 2.86. The second kappa shape index (κ2) is 8.67. The number of nitrogens with zero attached hydrogens (tertiary/aromatic N) is 2. The van der Waals surface area contributed by atoms with Crippen LogP contribution < -0.4 is 5.32 Å². The summed E-state index contributed by atoms with van der Waals surface area (Å²) in [6.45, 7) is 3.01. The lowest BCUT2D eigenvalue weighted by Gasteiger charge is -2.06. The van der Waals surface area contributed by atoms with Crippen molar-refractivity contribution in [2.24, 2.45) is 0 Å². The van der Waals surface area contributed by atoms with Gasteiger partial charge in [-0.15, -0.1) is 0 Å². The van der Waals surface area contributed by atoms with E-state index in [2.05, 4.69) is 10.4 Å². The van der Waals surface area contributed by atoms with Crippen LogP contribution in [0.5, 0.6) is 0 Å². The topological polar surface area (TPSA) is 76.4 Å². The molecule has 0 radical (unpaired) electrons. The van der Waals surface area contributed by atoms with Crippen molar-refractivity contribution in [2.45, 2.75) is 13.3 Å². The van der Waals surface area contributed by atoms with Crippen LogP contribution in [-0.4, -0.2) is 47.2 Å². The SMILES string of the molecule is Cc1nn(-c2ccccc2)c(Cl)c1C(=O)NCCCOCCO. The molecule has 0 atom stereocenters. The van der Waals surface area contributed by atoms with E-state index < -0.39 is 0 Å².